The molecule has 1 aromatic rings. The second kappa shape index (κ2) is 5.39. The molecule has 18 heavy (non-hydrogen) atoms. The van der Waals surface area contributed by atoms with Crippen LogP contribution in [0.3, 0.4) is 0 Å². The van der Waals surface area contributed by atoms with E-state index in [1.165, 1.54) is 24.0 Å². The lowest BCUT2D eigenvalue weighted by Gasteiger charge is -2.34. The monoisotopic (exact) mass is 246 g/mol. The van der Waals surface area contributed by atoms with Gasteiger partial charge in [0.05, 0.1) is 6.61 Å². The zero-order chi connectivity index (χ0) is 12.4. The van der Waals surface area contributed by atoms with Gasteiger partial charge in [-0.15, -0.1) is 0 Å². The molecular formula is C15H22N2O. The normalized spacial score (nSPS) is 28.9. The number of nitrogens with two attached hydrogens (primary N) is 1. The van der Waals surface area contributed by atoms with Crippen LogP contribution in [0.4, 0.5) is 0 Å². The molecule has 1 fully saturated rings. The van der Waals surface area contributed by atoms with Gasteiger partial charge in [0.2, 0.25) is 0 Å². The van der Waals surface area contributed by atoms with Crippen molar-refractivity contribution in [3.8, 4) is 0 Å². The van der Waals surface area contributed by atoms with E-state index in [-0.39, 0.29) is 0 Å². The molecule has 2 aliphatic rings. The lowest BCUT2D eigenvalue weighted by molar-refractivity contribution is 0.161. The molecule has 1 aromatic carbocycles. The van der Waals surface area contributed by atoms with E-state index in [0.717, 1.165) is 26.1 Å². The zero-order valence-electron chi connectivity index (χ0n) is 10.8. The standard InChI is InChI=1S/C15H22N2O/c16-17-15(14-7-8-18-10-14)13-6-5-11-3-1-2-4-12(11)9-13/h1-4,13-15,17H,5-10,16H2. The second-order valence-electron chi connectivity index (χ2n) is 5.59. The third kappa shape index (κ3) is 2.30. The number of nitrogens with one attached hydrogen (secondary N) is 1. The molecule has 0 radical (unpaired) electrons. The van der Waals surface area contributed by atoms with Crippen molar-refractivity contribution in [2.24, 2.45) is 17.7 Å². The third-order valence-corrected chi connectivity index (χ3v) is 4.56. The first kappa shape index (κ1) is 12.2. The van der Waals surface area contributed by atoms with Gasteiger partial charge in [0, 0.05) is 18.6 Å². The minimum absolute atomic E-state index is 0.404. The van der Waals surface area contributed by atoms with Crippen LogP contribution in [0.25, 0.3) is 0 Å². The van der Waals surface area contributed by atoms with Crippen molar-refractivity contribution in [2.45, 2.75) is 31.7 Å². The van der Waals surface area contributed by atoms with Crippen LogP contribution in [0.15, 0.2) is 24.3 Å². The van der Waals surface area contributed by atoms with Crippen LogP contribution in [0.5, 0.6) is 0 Å². The first-order valence-electron chi connectivity index (χ1n) is 6.99. The topological polar surface area (TPSA) is 47.3 Å². The Labute approximate surface area is 109 Å². The average Bonchev–Trinajstić information content (AvgIpc) is 2.93. The predicted octanol–water partition coefficient (Wildman–Crippen LogP) is 1.66. The number of hydrazine groups is 1. The summed E-state index contributed by atoms with van der Waals surface area (Å²) in [6.07, 6.45) is 4.73. The van der Waals surface area contributed by atoms with Crippen molar-refractivity contribution in [3.05, 3.63) is 35.4 Å². The number of aryl methyl sites for hydroxylation is 1. The molecule has 3 N–H and O–H groups in total. The summed E-state index contributed by atoms with van der Waals surface area (Å²) in [6, 6.07) is 9.21. The Morgan fingerprint density at radius 1 is 1.17 bits per heavy atom. The summed E-state index contributed by atoms with van der Waals surface area (Å²) in [5, 5.41) is 0. The van der Waals surface area contributed by atoms with Crippen molar-refractivity contribution in [1.82, 2.24) is 5.43 Å². The van der Waals surface area contributed by atoms with Crippen molar-refractivity contribution < 1.29 is 4.74 Å². The number of rotatable bonds is 3. The average molecular weight is 246 g/mol. The van der Waals surface area contributed by atoms with Crippen molar-refractivity contribution >= 4 is 0 Å². The highest BCUT2D eigenvalue weighted by Crippen LogP contribution is 2.32. The van der Waals surface area contributed by atoms with Gasteiger partial charge in [-0.25, -0.2) is 0 Å². The molecule has 1 saturated heterocycles. The van der Waals surface area contributed by atoms with Gasteiger partial charge >= 0.3 is 0 Å². The highest BCUT2D eigenvalue weighted by atomic mass is 16.5. The summed E-state index contributed by atoms with van der Waals surface area (Å²) in [5.41, 5.74) is 6.09. The zero-order valence-corrected chi connectivity index (χ0v) is 10.8. The van der Waals surface area contributed by atoms with Gasteiger partial charge in [-0.05, 0) is 42.7 Å². The summed E-state index contributed by atoms with van der Waals surface area (Å²) in [7, 11) is 0. The predicted molar refractivity (Wildman–Crippen MR) is 72.0 cm³/mol. The van der Waals surface area contributed by atoms with Crippen LogP contribution in [0.1, 0.15) is 24.0 Å². The molecule has 3 heteroatoms. The smallest absolute Gasteiger partial charge is 0.0510 e. The number of ether oxygens (including phenoxy) is 1. The van der Waals surface area contributed by atoms with Crippen LogP contribution in [0.2, 0.25) is 0 Å². The van der Waals surface area contributed by atoms with E-state index in [2.05, 4.69) is 29.7 Å². The summed E-state index contributed by atoms with van der Waals surface area (Å²) in [6.45, 7) is 1.76. The van der Waals surface area contributed by atoms with Gasteiger partial charge in [-0.1, -0.05) is 24.3 Å². The Balaban J connectivity index is 1.73. The molecule has 0 amide bonds. The van der Waals surface area contributed by atoms with Crippen molar-refractivity contribution in [3.63, 3.8) is 0 Å². The van der Waals surface area contributed by atoms with E-state index in [1.807, 2.05) is 0 Å². The minimum atomic E-state index is 0.404. The number of fused-ring (bicyclic) bond motifs is 1. The van der Waals surface area contributed by atoms with Crippen LogP contribution in [0, 0.1) is 11.8 Å². The van der Waals surface area contributed by atoms with E-state index in [4.69, 9.17) is 10.6 Å². The maximum absolute atomic E-state index is 5.80. The Morgan fingerprint density at radius 3 is 2.72 bits per heavy atom. The molecule has 0 bridgehead atoms. The van der Waals surface area contributed by atoms with Gasteiger partial charge in [0.1, 0.15) is 0 Å². The summed E-state index contributed by atoms with van der Waals surface area (Å²) in [5.74, 6) is 7.04. The maximum atomic E-state index is 5.80. The Kier molecular flexibility index (Phi) is 3.64. The van der Waals surface area contributed by atoms with Crippen molar-refractivity contribution in [1.29, 1.82) is 0 Å². The van der Waals surface area contributed by atoms with Gasteiger partial charge < -0.3 is 4.74 Å². The molecule has 1 heterocycles. The summed E-state index contributed by atoms with van der Waals surface area (Å²) in [4.78, 5) is 0. The molecule has 0 aromatic heterocycles. The third-order valence-electron chi connectivity index (χ3n) is 4.56. The van der Waals surface area contributed by atoms with E-state index >= 15 is 0 Å². The van der Waals surface area contributed by atoms with E-state index < -0.39 is 0 Å². The Bertz CT molecular complexity index is 401. The fraction of sp³-hybridized carbons (Fsp3) is 0.600. The van der Waals surface area contributed by atoms with Gasteiger partial charge in [-0.3, -0.25) is 11.3 Å². The fourth-order valence-electron chi connectivity index (χ4n) is 3.53. The molecule has 3 atom stereocenters. The number of benzene rings is 1. The van der Waals surface area contributed by atoms with Crippen molar-refractivity contribution in [2.75, 3.05) is 13.2 Å². The van der Waals surface area contributed by atoms with Crippen LogP contribution in [-0.4, -0.2) is 19.3 Å². The quantitative estimate of drug-likeness (QED) is 0.630. The minimum Gasteiger partial charge on any atom is -0.381 e. The Hall–Kier alpha value is -0.900. The van der Waals surface area contributed by atoms with E-state index in [0.29, 0.717) is 17.9 Å². The molecule has 3 nitrogen and oxygen atoms in total. The Morgan fingerprint density at radius 2 is 2.00 bits per heavy atom. The van der Waals surface area contributed by atoms with Gasteiger partial charge in [-0.2, -0.15) is 0 Å². The second-order valence-corrected chi connectivity index (χ2v) is 5.59. The molecule has 0 spiro atoms. The van der Waals surface area contributed by atoms with Gasteiger partial charge in [0.15, 0.2) is 0 Å². The number of hydrogen-bond donors (Lipinski definition) is 2. The lowest BCUT2D eigenvalue weighted by Crippen LogP contribution is -2.48. The highest BCUT2D eigenvalue weighted by Gasteiger charge is 2.33. The lowest BCUT2D eigenvalue weighted by atomic mass is 9.76. The molecular weight excluding hydrogens is 224 g/mol. The fourth-order valence-corrected chi connectivity index (χ4v) is 3.53. The summed E-state index contributed by atoms with van der Waals surface area (Å²) < 4.78 is 5.50. The summed E-state index contributed by atoms with van der Waals surface area (Å²) >= 11 is 0. The first-order valence-corrected chi connectivity index (χ1v) is 6.99. The molecule has 98 valence electrons. The maximum Gasteiger partial charge on any atom is 0.0510 e. The van der Waals surface area contributed by atoms with Crippen LogP contribution in [-0.2, 0) is 17.6 Å². The molecule has 1 aliphatic carbocycles. The van der Waals surface area contributed by atoms with E-state index in [1.54, 1.807) is 0 Å². The van der Waals surface area contributed by atoms with Crippen LogP contribution < -0.4 is 11.3 Å². The molecule has 0 saturated carbocycles. The molecule has 3 unspecified atom stereocenters. The van der Waals surface area contributed by atoms with Crippen LogP contribution >= 0.6 is 0 Å². The van der Waals surface area contributed by atoms with Gasteiger partial charge in [0.25, 0.3) is 0 Å². The van der Waals surface area contributed by atoms with E-state index in [9.17, 15) is 0 Å². The molecule has 3 rings (SSSR count). The first-order chi connectivity index (χ1) is 8.88. The number of hydrogen-bond acceptors (Lipinski definition) is 3. The highest BCUT2D eigenvalue weighted by molar-refractivity contribution is 5.30. The largest absolute Gasteiger partial charge is 0.381 e. The molecule has 1 aliphatic heterocycles. The SMILES string of the molecule is NNC(C1CCOC1)C1CCc2ccccc2C1.